The Morgan fingerprint density at radius 1 is 1.47 bits per heavy atom. The number of nitrogens with zero attached hydrogens (tertiary/aromatic N) is 1. The molecule has 0 spiro atoms. The van der Waals surface area contributed by atoms with Crippen LogP contribution in [0.15, 0.2) is 30.9 Å². The maximum Gasteiger partial charge on any atom is 1.00 e. The van der Waals surface area contributed by atoms with Gasteiger partial charge in [-0.25, -0.2) is 0 Å². The molecule has 0 bridgehead atoms. The van der Waals surface area contributed by atoms with Gasteiger partial charge in [0.15, 0.2) is 0 Å². The van der Waals surface area contributed by atoms with Gasteiger partial charge in [-0.2, -0.15) is 0 Å². The number of hydrogen-bond donors (Lipinski definition) is 0. The fourth-order valence-electron chi connectivity index (χ4n) is 1.25. The second-order valence-electron chi connectivity index (χ2n) is 4.23. The molecule has 1 aromatic rings. The van der Waals surface area contributed by atoms with Gasteiger partial charge in [-0.05, 0) is 38.4 Å². The van der Waals surface area contributed by atoms with Crippen molar-refractivity contribution >= 4 is 13.4 Å². The second kappa shape index (κ2) is 6.32. The van der Waals surface area contributed by atoms with Crippen LogP contribution in [-0.2, 0) is 6.42 Å². The molecule has 1 rings (SSSR count). The van der Waals surface area contributed by atoms with Crippen LogP contribution in [0.1, 0.15) is 12.1 Å². The van der Waals surface area contributed by atoms with Crippen molar-refractivity contribution in [2.75, 3.05) is 0 Å². The van der Waals surface area contributed by atoms with Crippen LogP contribution in [0.2, 0.25) is 13.1 Å². The number of pyridine rings is 1. The van der Waals surface area contributed by atoms with E-state index in [9.17, 15) is 0 Å². The Balaban J connectivity index is 0.00000196. The molecule has 0 saturated heterocycles. The largest absolute Gasteiger partial charge is 1.00 e. The van der Waals surface area contributed by atoms with E-state index in [-0.39, 0.29) is 18.9 Å². The van der Waals surface area contributed by atoms with Crippen molar-refractivity contribution < 1.29 is 18.9 Å². The summed E-state index contributed by atoms with van der Waals surface area (Å²) in [5.74, 6) is 0. The SMILES string of the molecule is C=CCCc1cccc([Si]([CH2-])(C)C)n1.[Li+]. The Kier molecular flexibility index (Phi) is 6.20. The Morgan fingerprint density at radius 2 is 2.13 bits per heavy atom. The molecule has 0 saturated carbocycles. The second-order valence-corrected chi connectivity index (χ2v) is 8.51. The predicted molar refractivity (Wildman–Crippen MR) is 65.2 cm³/mol. The van der Waals surface area contributed by atoms with Crippen LogP contribution < -0.4 is 24.2 Å². The van der Waals surface area contributed by atoms with Gasteiger partial charge in [0.1, 0.15) is 0 Å². The first-order chi connectivity index (χ1) is 6.54. The van der Waals surface area contributed by atoms with Gasteiger partial charge < -0.3 is 6.55 Å². The number of aryl methyl sites for hydroxylation is 1. The molecule has 0 amide bonds. The number of aromatic nitrogens is 1. The Morgan fingerprint density at radius 3 is 2.67 bits per heavy atom. The molecule has 15 heavy (non-hydrogen) atoms. The zero-order valence-electron chi connectivity index (χ0n) is 10.1. The smallest absolute Gasteiger partial charge is 0.337 e. The minimum absolute atomic E-state index is 0. The van der Waals surface area contributed by atoms with Crippen molar-refractivity contribution in [3.8, 4) is 0 Å². The number of allylic oxidation sites excluding steroid dienone is 1. The summed E-state index contributed by atoms with van der Waals surface area (Å²) in [4.78, 5) is 4.63. The quantitative estimate of drug-likeness (QED) is 0.371. The topological polar surface area (TPSA) is 12.9 Å². The van der Waals surface area contributed by atoms with E-state index in [2.05, 4.69) is 49.4 Å². The summed E-state index contributed by atoms with van der Waals surface area (Å²) in [6, 6.07) is 6.25. The third-order valence-corrected chi connectivity index (χ3v) is 3.77. The van der Waals surface area contributed by atoms with Crippen molar-refractivity contribution in [2.24, 2.45) is 0 Å². The van der Waals surface area contributed by atoms with E-state index in [1.807, 2.05) is 6.08 Å². The van der Waals surface area contributed by atoms with Crippen molar-refractivity contribution in [2.45, 2.75) is 25.9 Å². The van der Waals surface area contributed by atoms with Crippen LogP contribution in [0, 0.1) is 6.55 Å². The summed E-state index contributed by atoms with van der Waals surface area (Å²) < 4.78 is 0. The van der Waals surface area contributed by atoms with Crippen LogP contribution in [0.4, 0.5) is 0 Å². The molecule has 0 aromatic carbocycles. The molecule has 0 aliphatic rings. The van der Waals surface area contributed by atoms with E-state index in [1.54, 1.807) is 0 Å². The minimum Gasteiger partial charge on any atom is -0.337 e. The predicted octanol–water partition coefficient (Wildman–Crippen LogP) is -0.507. The molecule has 0 fully saturated rings. The molecule has 3 heteroatoms. The van der Waals surface area contributed by atoms with Gasteiger partial charge in [0.25, 0.3) is 0 Å². The van der Waals surface area contributed by atoms with E-state index in [0.29, 0.717) is 0 Å². The fourth-order valence-corrected chi connectivity index (χ4v) is 2.24. The zero-order chi connectivity index (χ0) is 10.6. The molecule has 0 unspecified atom stereocenters. The first-order valence-electron chi connectivity index (χ1n) is 4.96. The monoisotopic (exact) mass is 211 g/mol. The van der Waals surface area contributed by atoms with Crippen molar-refractivity contribution in [3.05, 3.63) is 43.1 Å². The maximum absolute atomic E-state index is 4.63. The molecule has 0 aliphatic carbocycles. The molecule has 1 aromatic heterocycles. The van der Waals surface area contributed by atoms with Gasteiger partial charge in [-0.15, -0.1) is 6.58 Å². The van der Waals surface area contributed by atoms with E-state index < -0.39 is 8.07 Å². The Bertz CT molecular complexity index is 318. The van der Waals surface area contributed by atoms with Gasteiger partial charge in [0.2, 0.25) is 0 Å². The summed E-state index contributed by atoms with van der Waals surface area (Å²) >= 11 is 0. The van der Waals surface area contributed by atoms with Crippen LogP contribution >= 0.6 is 0 Å². The molecule has 0 N–H and O–H groups in total. The van der Waals surface area contributed by atoms with Crippen molar-refractivity contribution in [1.29, 1.82) is 0 Å². The zero-order valence-corrected chi connectivity index (χ0v) is 11.1. The minimum atomic E-state index is -1.49. The van der Waals surface area contributed by atoms with Crippen LogP contribution in [-0.4, -0.2) is 13.1 Å². The maximum atomic E-state index is 4.63. The standard InChI is InChI=1S/C12H18NSi.Li/c1-5-6-8-11-9-7-10-12(13-11)14(2,3)4;/h5,7,9-10H,1-2,6,8H2,3-4H3;/q-1;+1. The summed E-state index contributed by atoms with van der Waals surface area (Å²) in [6.45, 7) is 12.4. The van der Waals surface area contributed by atoms with Gasteiger partial charge in [0, 0.05) is 5.69 Å². The van der Waals surface area contributed by atoms with Crippen molar-refractivity contribution in [3.63, 3.8) is 0 Å². The average Bonchev–Trinajstić information content (AvgIpc) is 2.14. The van der Waals surface area contributed by atoms with Crippen LogP contribution in [0.3, 0.4) is 0 Å². The number of rotatable bonds is 4. The first-order valence-corrected chi connectivity index (χ1v) is 8.17. The van der Waals surface area contributed by atoms with Gasteiger partial charge in [0.05, 0.1) is 0 Å². The van der Waals surface area contributed by atoms with Gasteiger partial charge in [-0.3, -0.25) is 4.98 Å². The third-order valence-electron chi connectivity index (χ3n) is 2.10. The number of hydrogen-bond acceptors (Lipinski definition) is 1. The molecular weight excluding hydrogens is 193 g/mol. The van der Waals surface area contributed by atoms with Crippen molar-refractivity contribution in [1.82, 2.24) is 4.98 Å². The normalized spacial score (nSPS) is 10.6. The summed E-state index contributed by atoms with van der Waals surface area (Å²) in [6.07, 6.45) is 3.92. The molecular formula is C12H18LiNSi. The first kappa shape index (κ1) is 14.7. The Hall–Kier alpha value is -0.296. The van der Waals surface area contributed by atoms with Gasteiger partial charge >= 0.3 is 18.9 Å². The molecule has 1 heterocycles. The van der Waals surface area contributed by atoms with E-state index in [1.165, 1.54) is 5.32 Å². The van der Waals surface area contributed by atoms with E-state index in [0.717, 1.165) is 18.5 Å². The molecule has 0 aliphatic heterocycles. The Labute approximate surface area is 106 Å². The van der Waals surface area contributed by atoms with E-state index >= 15 is 0 Å². The van der Waals surface area contributed by atoms with Crippen LogP contribution in [0.25, 0.3) is 0 Å². The van der Waals surface area contributed by atoms with Crippen LogP contribution in [0.5, 0.6) is 0 Å². The molecule has 0 atom stereocenters. The third kappa shape index (κ3) is 4.84. The molecule has 0 radical (unpaired) electrons. The molecule has 1 nitrogen and oxygen atoms in total. The average molecular weight is 211 g/mol. The van der Waals surface area contributed by atoms with E-state index in [4.69, 9.17) is 0 Å². The summed E-state index contributed by atoms with van der Waals surface area (Å²) in [7, 11) is -1.49. The van der Waals surface area contributed by atoms with Gasteiger partial charge in [-0.1, -0.05) is 25.2 Å². The fraction of sp³-hybridized carbons (Fsp3) is 0.333. The summed E-state index contributed by atoms with van der Waals surface area (Å²) in [5, 5.41) is 1.19. The summed E-state index contributed by atoms with van der Waals surface area (Å²) in [5.41, 5.74) is 1.16. The molecule has 76 valence electrons.